The second-order valence-corrected chi connectivity index (χ2v) is 3.25. The molecule has 0 saturated heterocycles. The molecule has 1 rings (SSSR count). The van der Waals surface area contributed by atoms with E-state index in [2.05, 4.69) is 48.9 Å². The van der Waals surface area contributed by atoms with Crippen molar-refractivity contribution in [2.24, 2.45) is 0 Å². The zero-order valence-electron chi connectivity index (χ0n) is 6.39. The van der Waals surface area contributed by atoms with Crippen molar-refractivity contribution in [3.05, 3.63) is 34.9 Å². The van der Waals surface area contributed by atoms with Gasteiger partial charge in [-0.3, -0.25) is 0 Å². The van der Waals surface area contributed by atoms with Crippen molar-refractivity contribution in [1.29, 1.82) is 0 Å². The second-order valence-electron chi connectivity index (χ2n) is 2.59. The van der Waals surface area contributed by atoms with E-state index in [1.807, 2.05) is 0 Å². The average molecular weight is 194 g/mol. The van der Waals surface area contributed by atoms with Gasteiger partial charge in [-0.1, -0.05) is 0 Å². The molecule has 2 radical (unpaired) electrons. The van der Waals surface area contributed by atoms with Crippen molar-refractivity contribution in [3.63, 3.8) is 0 Å². The van der Waals surface area contributed by atoms with E-state index >= 15 is 0 Å². The van der Waals surface area contributed by atoms with Gasteiger partial charge in [0.2, 0.25) is 0 Å². The molecule has 1 aromatic rings. The van der Waals surface area contributed by atoms with Crippen LogP contribution < -0.4 is 0 Å². The first-order valence-electron chi connectivity index (χ1n) is 3.41. The molecule has 0 unspecified atom stereocenters. The number of rotatable bonds is 1. The third-order valence-electron chi connectivity index (χ3n) is 1.67. The van der Waals surface area contributed by atoms with Gasteiger partial charge in [0.05, 0.1) is 0 Å². The van der Waals surface area contributed by atoms with Crippen LogP contribution >= 0.6 is 0 Å². The minimum absolute atomic E-state index is 1.08. The minimum atomic E-state index is 1.08. The van der Waals surface area contributed by atoms with Gasteiger partial charge in [0.15, 0.2) is 0 Å². The van der Waals surface area contributed by atoms with Crippen LogP contribution in [0, 0.1) is 13.8 Å². The van der Waals surface area contributed by atoms with Crippen LogP contribution in [0.25, 0.3) is 0 Å². The number of hydrogen-bond donors (Lipinski definition) is 0. The van der Waals surface area contributed by atoms with E-state index in [1.165, 1.54) is 16.7 Å². The first-order valence-corrected chi connectivity index (χ1v) is 4.73. The summed E-state index contributed by atoms with van der Waals surface area (Å²) >= 11 is 2.61. The Morgan fingerprint density at radius 2 is 2.00 bits per heavy atom. The molecule has 52 valence electrons. The summed E-state index contributed by atoms with van der Waals surface area (Å²) in [6.07, 6.45) is 0. The van der Waals surface area contributed by atoms with E-state index in [0.717, 1.165) is 5.21 Å². The molecule has 0 bridgehead atoms. The molecule has 0 aliphatic heterocycles. The molecule has 0 spiro atoms. The summed E-state index contributed by atoms with van der Waals surface area (Å²) in [7, 11) is 0. The SMILES string of the molecule is Cc1ccc(C[As])c(C)c1. The fraction of sp³-hybridized carbons (Fsp3) is 0.333. The Labute approximate surface area is 71.1 Å². The molecule has 1 aromatic carbocycles. The van der Waals surface area contributed by atoms with Crippen LogP contribution in [0.15, 0.2) is 18.2 Å². The average Bonchev–Trinajstić information content (AvgIpc) is 1.88. The molecule has 0 nitrogen and oxygen atoms in total. The molecule has 0 N–H and O–H groups in total. The molecule has 0 fully saturated rings. The third-order valence-corrected chi connectivity index (χ3v) is 2.38. The van der Waals surface area contributed by atoms with E-state index in [9.17, 15) is 0 Å². The summed E-state index contributed by atoms with van der Waals surface area (Å²) in [5.41, 5.74) is 4.19. The van der Waals surface area contributed by atoms with Gasteiger partial charge in [-0.2, -0.15) is 0 Å². The van der Waals surface area contributed by atoms with Crippen LogP contribution in [0.1, 0.15) is 16.7 Å². The zero-order chi connectivity index (χ0) is 7.56. The quantitative estimate of drug-likeness (QED) is 0.599. The first-order chi connectivity index (χ1) is 4.74. The van der Waals surface area contributed by atoms with Gasteiger partial charge in [0.1, 0.15) is 0 Å². The molecule has 0 heterocycles. The summed E-state index contributed by atoms with van der Waals surface area (Å²) in [4.78, 5) is 0. The Kier molecular flexibility index (Phi) is 2.56. The summed E-state index contributed by atoms with van der Waals surface area (Å²) in [5, 5.41) is 1.08. The summed E-state index contributed by atoms with van der Waals surface area (Å²) in [6, 6.07) is 6.58. The normalized spacial score (nSPS) is 9.90. The molecule has 0 amide bonds. The Hall–Kier alpha value is -0.222. The van der Waals surface area contributed by atoms with Gasteiger partial charge in [-0.05, 0) is 0 Å². The predicted octanol–water partition coefficient (Wildman–Crippen LogP) is 1.97. The van der Waals surface area contributed by atoms with Gasteiger partial charge in [-0.15, -0.1) is 0 Å². The van der Waals surface area contributed by atoms with Gasteiger partial charge in [-0.25, -0.2) is 0 Å². The van der Waals surface area contributed by atoms with Crippen molar-refractivity contribution in [2.75, 3.05) is 0 Å². The van der Waals surface area contributed by atoms with E-state index in [1.54, 1.807) is 0 Å². The van der Waals surface area contributed by atoms with Crippen LogP contribution in [0.3, 0.4) is 0 Å². The van der Waals surface area contributed by atoms with Crippen LogP contribution in [0.5, 0.6) is 0 Å². The Morgan fingerprint density at radius 1 is 1.30 bits per heavy atom. The van der Waals surface area contributed by atoms with Crippen LogP contribution in [0.2, 0.25) is 0 Å². The monoisotopic (exact) mass is 194 g/mol. The van der Waals surface area contributed by atoms with E-state index in [4.69, 9.17) is 0 Å². The fourth-order valence-electron chi connectivity index (χ4n) is 1.02. The molecule has 0 saturated carbocycles. The maximum atomic E-state index is 2.61. The molecular formula is C9H11As. The van der Waals surface area contributed by atoms with Crippen molar-refractivity contribution >= 4 is 16.9 Å². The molecular weight excluding hydrogens is 183 g/mol. The Balaban J connectivity index is 3.07. The summed E-state index contributed by atoms with van der Waals surface area (Å²) < 4.78 is 0. The van der Waals surface area contributed by atoms with E-state index in [-0.39, 0.29) is 0 Å². The standard InChI is InChI=1S/C9H11As/c1-7-3-4-9(6-10)8(2)5-7/h3-5H,6H2,1-2H3. The number of aryl methyl sites for hydroxylation is 2. The number of benzene rings is 1. The van der Waals surface area contributed by atoms with Crippen LogP contribution in [-0.4, -0.2) is 16.9 Å². The molecule has 0 atom stereocenters. The van der Waals surface area contributed by atoms with E-state index in [0.29, 0.717) is 0 Å². The molecule has 0 aliphatic rings. The molecule has 0 aromatic heterocycles. The molecule has 0 aliphatic carbocycles. The molecule has 1 heteroatoms. The summed E-state index contributed by atoms with van der Waals surface area (Å²) in [6.45, 7) is 4.29. The first kappa shape index (κ1) is 7.88. The zero-order valence-corrected chi connectivity index (χ0v) is 8.26. The van der Waals surface area contributed by atoms with Gasteiger partial charge >= 0.3 is 70.8 Å². The van der Waals surface area contributed by atoms with Gasteiger partial charge < -0.3 is 0 Å². The van der Waals surface area contributed by atoms with Crippen LogP contribution in [-0.2, 0) is 5.21 Å². The van der Waals surface area contributed by atoms with Crippen molar-refractivity contribution < 1.29 is 0 Å². The van der Waals surface area contributed by atoms with Crippen molar-refractivity contribution in [2.45, 2.75) is 19.1 Å². The third kappa shape index (κ3) is 1.64. The fourth-order valence-corrected chi connectivity index (χ4v) is 1.77. The topological polar surface area (TPSA) is 0 Å². The Bertz CT molecular complexity index is 228. The number of hydrogen-bond acceptors (Lipinski definition) is 0. The maximum absolute atomic E-state index is 2.61. The van der Waals surface area contributed by atoms with Crippen LogP contribution in [0.4, 0.5) is 0 Å². The van der Waals surface area contributed by atoms with Crippen molar-refractivity contribution in [3.8, 4) is 0 Å². The van der Waals surface area contributed by atoms with Gasteiger partial charge in [0.25, 0.3) is 0 Å². The summed E-state index contributed by atoms with van der Waals surface area (Å²) in [5.74, 6) is 0. The Morgan fingerprint density at radius 3 is 2.50 bits per heavy atom. The van der Waals surface area contributed by atoms with Crippen molar-refractivity contribution in [1.82, 2.24) is 0 Å². The second kappa shape index (κ2) is 3.25. The molecule has 10 heavy (non-hydrogen) atoms. The van der Waals surface area contributed by atoms with Gasteiger partial charge in [0, 0.05) is 0 Å². The van der Waals surface area contributed by atoms with E-state index < -0.39 is 0 Å². The predicted molar refractivity (Wildman–Crippen MR) is 45.4 cm³/mol.